The Kier molecular flexibility index (Phi) is 6.20. The van der Waals surface area contributed by atoms with Gasteiger partial charge in [-0.1, -0.05) is 0 Å². The molecule has 164 valence electrons. The molecule has 3 heterocycles. The first-order chi connectivity index (χ1) is 15.0. The average molecular weight is 429 g/mol. The fourth-order valence-electron chi connectivity index (χ4n) is 3.98. The van der Waals surface area contributed by atoms with E-state index in [9.17, 15) is 18.8 Å². The highest BCUT2D eigenvalue weighted by molar-refractivity contribution is 5.95. The normalized spacial score (nSPS) is 18.9. The Balaban J connectivity index is 1.25. The Morgan fingerprint density at radius 2 is 1.77 bits per heavy atom. The fraction of sp³-hybridized carbons (Fsp3) is 0.409. The number of carbonyl (C=O) groups is 3. The molecule has 2 fully saturated rings. The maximum absolute atomic E-state index is 13.1. The fourth-order valence-corrected chi connectivity index (χ4v) is 3.98. The van der Waals surface area contributed by atoms with Crippen LogP contribution in [0.4, 0.5) is 10.1 Å². The summed E-state index contributed by atoms with van der Waals surface area (Å²) in [5.41, 5.74) is 0.905. The molecule has 1 aromatic heterocycles. The number of halogens is 1. The number of likely N-dealkylation sites (tertiary alicyclic amines) is 1. The van der Waals surface area contributed by atoms with Crippen LogP contribution in [0.1, 0.15) is 23.4 Å². The van der Waals surface area contributed by atoms with Crippen LogP contribution in [0.25, 0.3) is 0 Å². The second-order valence-electron chi connectivity index (χ2n) is 7.59. The van der Waals surface area contributed by atoms with Crippen molar-refractivity contribution in [3.63, 3.8) is 0 Å². The van der Waals surface area contributed by atoms with Crippen molar-refractivity contribution in [1.82, 2.24) is 9.80 Å². The van der Waals surface area contributed by atoms with Gasteiger partial charge >= 0.3 is 5.97 Å². The highest BCUT2D eigenvalue weighted by Gasteiger charge is 2.37. The number of furan rings is 1. The van der Waals surface area contributed by atoms with Crippen LogP contribution >= 0.6 is 0 Å². The number of carbonyl (C=O) groups excluding carboxylic acids is 3. The van der Waals surface area contributed by atoms with Gasteiger partial charge in [-0.15, -0.1) is 0 Å². The topological polar surface area (TPSA) is 83.3 Å². The molecule has 9 heteroatoms. The highest BCUT2D eigenvalue weighted by atomic mass is 19.1. The zero-order valence-electron chi connectivity index (χ0n) is 17.0. The molecule has 0 unspecified atom stereocenters. The lowest BCUT2D eigenvalue weighted by molar-refractivity contribution is -0.155. The van der Waals surface area contributed by atoms with Crippen LogP contribution in [0.3, 0.4) is 0 Å². The Hall–Kier alpha value is -3.36. The van der Waals surface area contributed by atoms with Gasteiger partial charge in [0, 0.05) is 38.4 Å². The summed E-state index contributed by atoms with van der Waals surface area (Å²) in [6, 6.07) is 8.71. The molecule has 0 bridgehead atoms. The summed E-state index contributed by atoms with van der Waals surface area (Å²) in [6.07, 6.45) is 2.59. The van der Waals surface area contributed by atoms with Gasteiger partial charge in [-0.05, 0) is 49.2 Å². The first-order valence-corrected chi connectivity index (χ1v) is 10.3. The van der Waals surface area contributed by atoms with Crippen molar-refractivity contribution in [2.24, 2.45) is 0 Å². The van der Waals surface area contributed by atoms with E-state index in [2.05, 4.69) is 4.90 Å². The van der Waals surface area contributed by atoms with E-state index in [0.717, 1.165) is 5.69 Å². The molecule has 0 spiro atoms. The van der Waals surface area contributed by atoms with Crippen LogP contribution in [-0.4, -0.2) is 73.0 Å². The summed E-state index contributed by atoms with van der Waals surface area (Å²) in [4.78, 5) is 42.7. The quantitative estimate of drug-likeness (QED) is 0.676. The minimum absolute atomic E-state index is 0.176. The van der Waals surface area contributed by atoms with Gasteiger partial charge in [-0.25, -0.2) is 9.18 Å². The number of ether oxygens (including phenoxy) is 1. The lowest BCUT2D eigenvalue weighted by atomic mass is 10.2. The number of piperazine rings is 1. The van der Waals surface area contributed by atoms with Crippen LogP contribution in [0.5, 0.6) is 0 Å². The molecule has 0 saturated carbocycles. The van der Waals surface area contributed by atoms with Gasteiger partial charge in [0.25, 0.3) is 11.8 Å². The Morgan fingerprint density at radius 3 is 2.45 bits per heavy atom. The van der Waals surface area contributed by atoms with Gasteiger partial charge in [0.15, 0.2) is 12.4 Å². The standard InChI is InChI=1S/C22H24FN3O5/c23-16-5-7-17(8-6-16)24-10-12-25(13-11-24)20(27)15-31-22(29)18-3-1-9-26(18)21(28)19-4-2-14-30-19/h2,4-8,14,18H,1,3,9-13,15H2/t18-/m0/s1. The molecule has 0 radical (unpaired) electrons. The van der Waals surface area contributed by atoms with Crippen molar-refractivity contribution in [2.75, 3.05) is 44.2 Å². The molecule has 31 heavy (non-hydrogen) atoms. The van der Waals surface area contributed by atoms with Crippen molar-refractivity contribution in [3.8, 4) is 0 Å². The maximum Gasteiger partial charge on any atom is 0.329 e. The van der Waals surface area contributed by atoms with E-state index >= 15 is 0 Å². The third-order valence-corrected chi connectivity index (χ3v) is 5.68. The van der Waals surface area contributed by atoms with Crippen molar-refractivity contribution in [3.05, 3.63) is 54.2 Å². The van der Waals surface area contributed by atoms with Gasteiger partial charge < -0.3 is 23.9 Å². The molecular formula is C22H24FN3O5. The number of esters is 1. The number of benzene rings is 1. The van der Waals surface area contributed by atoms with E-state index < -0.39 is 12.0 Å². The summed E-state index contributed by atoms with van der Waals surface area (Å²) in [5.74, 6) is -1.31. The molecule has 4 rings (SSSR count). The number of rotatable bonds is 5. The summed E-state index contributed by atoms with van der Waals surface area (Å²) < 4.78 is 23.5. The van der Waals surface area contributed by atoms with Crippen LogP contribution in [0.2, 0.25) is 0 Å². The lowest BCUT2D eigenvalue weighted by Gasteiger charge is -2.36. The zero-order chi connectivity index (χ0) is 21.8. The minimum Gasteiger partial charge on any atom is -0.459 e. The van der Waals surface area contributed by atoms with Gasteiger partial charge in [-0.3, -0.25) is 9.59 Å². The molecule has 1 atom stereocenters. The molecule has 2 amide bonds. The summed E-state index contributed by atoms with van der Waals surface area (Å²) in [5, 5.41) is 0. The molecule has 0 N–H and O–H groups in total. The molecule has 0 aliphatic carbocycles. The first kappa shape index (κ1) is 20.9. The Morgan fingerprint density at radius 1 is 1.03 bits per heavy atom. The van der Waals surface area contributed by atoms with Gasteiger partial charge in [0.2, 0.25) is 0 Å². The van der Waals surface area contributed by atoms with E-state index in [0.29, 0.717) is 45.6 Å². The molecule has 1 aromatic carbocycles. The Bertz CT molecular complexity index is 923. The van der Waals surface area contributed by atoms with Gasteiger partial charge in [0.1, 0.15) is 11.9 Å². The molecule has 2 aliphatic rings. The first-order valence-electron chi connectivity index (χ1n) is 10.3. The van der Waals surface area contributed by atoms with Crippen molar-refractivity contribution >= 4 is 23.5 Å². The number of hydrogen-bond acceptors (Lipinski definition) is 6. The monoisotopic (exact) mass is 429 g/mol. The van der Waals surface area contributed by atoms with E-state index in [1.807, 2.05) is 0 Å². The SMILES string of the molecule is O=C(OCC(=O)N1CCN(c2ccc(F)cc2)CC1)[C@@H]1CCCN1C(=O)c1ccco1. The number of nitrogens with zero attached hydrogens (tertiary/aromatic N) is 3. The Labute approximate surface area is 179 Å². The second-order valence-corrected chi connectivity index (χ2v) is 7.59. The number of hydrogen-bond donors (Lipinski definition) is 0. The summed E-state index contributed by atoms with van der Waals surface area (Å²) in [7, 11) is 0. The van der Waals surface area contributed by atoms with Crippen LogP contribution in [-0.2, 0) is 14.3 Å². The predicted octanol–water partition coefficient (Wildman–Crippen LogP) is 1.92. The lowest BCUT2D eigenvalue weighted by Crippen LogP contribution is -2.50. The van der Waals surface area contributed by atoms with Gasteiger partial charge in [-0.2, -0.15) is 0 Å². The summed E-state index contributed by atoms with van der Waals surface area (Å²) >= 11 is 0. The number of anilines is 1. The largest absolute Gasteiger partial charge is 0.459 e. The minimum atomic E-state index is -0.708. The van der Waals surface area contributed by atoms with E-state index in [1.165, 1.54) is 23.3 Å². The van der Waals surface area contributed by atoms with Crippen LogP contribution < -0.4 is 4.90 Å². The van der Waals surface area contributed by atoms with Crippen LogP contribution in [0, 0.1) is 5.82 Å². The van der Waals surface area contributed by atoms with E-state index in [-0.39, 0.29) is 30.0 Å². The zero-order valence-corrected chi connectivity index (χ0v) is 17.0. The van der Waals surface area contributed by atoms with Crippen molar-refractivity contribution in [1.29, 1.82) is 0 Å². The predicted molar refractivity (Wildman–Crippen MR) is 109 cm³/mol. The maximum atomic E-state index is 13.1. The molecule has 2 aromatic rings. The average Bonchev–Trinajstić information content (AvgIpc) is 3.50. The third kappa shape index (κ3) is 4.70. The highest BCUT2D eigenvalue weighted by Crippen LogP contribution is 2.22. The van der Waals surface area contributed by atoms with Crippen molar-refractivity contribution < 1.29 is 27.9 Å². The molecule has 8 nitrogen and oxygen atoms in total. The second kappa shape index (κ2) is 9.20. The molecule has 2 aliphatic heterocycles. The third-order valence-electron chi connectivity index (χ3n) is 5.68. The van der Waals surface area contributed by atoms with Gasteiger partial charge in [0.05, 0.1) is 6.26 Å². The van der Waals surface area contributed by atoms with Crippen molar-refractivity contribution in [2.45, 2.75) is 18.9 Å². The van der Waals surface area contributed by atoms with E-state index in [1.54, 1.807) is 29.2 Å². The number of amides is 2. The molecule has 2 saturated heterocycles. The van der Waals surface area contributed by atoms with Crippen LogP contribution in [0.15, 0.2) is 47.1 Å². The van der Waals surface area contributed by atoms with E-state index in [4.69, 9.17) is 9.15 Å². The summed E-state index contributed by atoms with van der Waals surface area (Å²) in [6.45, 7) is 2.28. The smallest absolute Gasteiger partial charge is 0.329 e. The molecular weight excluding hydrogens is 405 g/mol.